The number of benzene rings is 2. The van der Waals surface area contributed by atoms with Crippen molar-refractivity contribution in [3.63, 3.8) is 0 Å². The number of carbonyl (C=O) groups is 1. The van der Waals surface area contributed by atoms with E-state index in [-0.39, 0.29) is 17.3 Å². The Morgan fingerprint density at radius 3 is 2.71 bits per heavy atom. The predicted octanol–water partition coefficient (Wildman–Crippen LogP) is 4.31. The Hall–Kier alpha value is -3.40. The second kappa shape index (κ2) is 10.1. The van der Waals surface area contributed by atoms with Crippen LogP contribution in [0, 0.1) is 17.0 Å². The van der Waals surface area contributed by atoms with Crippen LogP contribution in [-0.2, 0) is 11.3 Å². The number of nitrogens with one attached hydrogen (secondary N) is 1. The van der Waals surface area contributed by atoms with E-state index in [1.165, 1.54) is 17.8 Å². The van der Waals surface area contributed by atoms with Crippen molar-refractivity contribution >= 4 is 29.0 Å². The Morgan fingerprint density at radius 1 is 1.23 bits per heavy atom. The lowest BCUT2D eigenvalue weighted by Crippen LogP contribution is -2.15. The second-order valence-corrected chi connectivity index (χ2v) is 7.52. The van der Waals surface area contributed by atoms with Gasteiger partial charge >= 0.3 is 0 Å². The van der Waals surface area contributed by atoms with Crippen LogP contribution >= 0.6 is 11.8 Å². The van der Waals surface area contributed by atoms with Crippen LogP contribution in [0.5, 0.6) is 5.75 Å². The van der Waals surface area contributed by atoms with E-state index in [4.69, 9.17) is 4.74 Å². The third-order valence-electron chi connectivity index (χ3n) is 4.48. The lowest BCUT2D eigenvalue weighted by Gasteiger charge is -2.11. The first kappa shape index (κ1) is 22.3. The molecule has 3 rings (SSSR count). The summed E-state index contributed by atoms with van der Waals surface area (Å²) in [5, 5.41) is 22.9. The van der Waals surface area contributed by atoms with E-state index in [2.05, 4.69) is 15.5 Å². The summed E-state index contributed by atoms with van der Waals surface area (Å²) in [5.74, 6) is 1.20. The van der Waals surface area contributed by atoms with Crippen LogP contribution in [0.15, 0.2) is 47.6 Å². The smallest absolute Gasteiger partial charge is 0.274 e. The maximum atomic E-state index is 12.4. The molecule has 1 N–H and O–H groups in total. The summed E-state index contributed by atoms with van der Waals surface area (Å²) in [6, 6.07) is 12.2. The number of ether oxygens (including phenoxy) is 1. The van der Waals surface area contributed by atoms with E-state index in [1.54, 1.807) is 19.1 Å². The van der Waals surface area contributed by atoms with Gasteiger partial charge in [-0.3, -0.25) is 14.9 Å². The summed E-state index contributed by atoms with van der Waals surface area (Å²) in [6.45, 7) is 6.71. The topological polar surface area (TPSA) is 112 Å². The highest BCUT2D eigenvalue weighted by Gasteiger charge is 2.18. The summed E-state index contributed by atoms with van der Waals surface area (Å²) in [7, 11) is 0. The molecule has 0 aliphatic heterocycles. The minimum absolute atomic E-state index is 0.0335. The summed E-state index contributed by atoms with van der Waals surface area (Å²) < 4.78 is 7.62. The molecular formula is C21H23N5O4S. The van der Waals surface area contributed by atoms with Gasteiger partial charge in [0.1, 0.15) is 5.75 Å². The van der Waals surface area contributed by atoms with E-state index in [9.17, 15) is 14.9 Å². The Morgan fingerprint density at radius 2 is 2.00 bits per heavy atom. The molecular weight excluding hydrogens is 418 g/mol. The summed E-state index contributed by atoms with van der Waals surface area (Å²) >= 11 is 1.25. The lowest BCUT2D eigenvalue weighted by atomic mass is 10.2. The zero-order valence-electron chi connectivity index (χ0n) is 17.5. The van der Waals surface area contributed by atoms with Crippen molar-refractivity contribution in [3.8, 4) is 17.1 Å². The zero-order chi connectivity index (χ0) is 22.4. The first-order valence-corrected chi connectivity index (χ1v) is 10.8. The van der Waals surface area contributed by atoms with Crippen LogP contribution in [0.4, 0.5) is 11.4 Å². The van der Waals surface area contributed by atoms with Gasteiger partial charge in [-0.2, -0.15) is 0 Å². The largest absolute Gasteiger partial charge is 0.493 e. The van der Waals surface area contributed by atoms with Gasteiger partial charge in [-0.25, -0.2) is 0 Å². The molecule has 9 nitrogen and oxygen atoms in total. The maximum absolute atomic E-state index is 12.4. The molecule has 1 heterocycles. The van der Waals surface area contributed by atoms with Gasteiger partial charge in [0.2, 0.25) is 5.91 Å². The van der Waals surface area contributed by atoms with Crippen molar-refractivity contribution < 1.29 is 14.5 Å². The van der Waals surface area contributed by atoms with Gasteiger partial charge in [0.15, 0.2) is 11.0 Å². The average molecular weight is 442 g/mol. The van der Waals surface area contributed by atoms with Crippen molar-refractivity contribution in [1.29, 1.82) is 0 Å². The number of hydrogen-bond acceptors (Lipinski definition) is 7. The Labute approximate surface area is 184 Å². The third-order valence-corrected chi connectivity index (χ3v) is 5.45. The number of nitrogens with zero attached hydrogens (tertiary/aromatic N) is 4. The zero-order valence-corrected chi connectivity index (χ0v) is 18.3. The third kappa shape index (κ3) is 5.21. The average Bonchev–Trinajstić information content (AvgIpc) is 3.17. The first-order chi connectivity index (χ1) is 14.9. The van der Waals surface area contributed by atoms with Crippen molar-refractivity contribution in [2.24, 2.45) is 0 Å². The Kier molecular flexibility index (Phi) is 7.24. The molecule has 0 aliphatic carbocycles. The van der Waals surface area contributed by atoms with E-state index in [0.29, 0.717) is 35.4 Å². The van der Waals surface area contributed by atoms with Gasteiger partial charge in [0, 0.05) is 23.9 Å². The van der Waals surface area contributed by atoms with Crippen LogP contribution < -0.4 is 10.1 Å². The maximum Gasteiger partial charge on any atom is 0.274 e. The molecule has 0 bridgehead atoms. The number of carbonyl (C=O) groups excluding carboxylic acids is 1. The van der Waals surface area contributed by atoms with Gasteiger partial charge in [-0.05, 0) is 39.0 Å². The Balaban J connectivity index is 1.72. The Bertz CT molecular complexity index is 1100. The minimum atomic E-state index is -0.467. The quantitative estimate of drug-likeness (QED) is 0.299. The second-order valence-electron chi connectivity index (χ2n) is 6.57. The molecule has 0 aliphatic rings. The van der Waals surface area contributed by atoms with Gasteiger partial charge in [-0.1, -0.05) is 30.0 Å². The first-order valence-electron chi connectivity index (χ1n) is 9.77. The summed E-state index contributed by atoms with van der Waals surface area (Å²) in [6.07, 6.45) is 0. The summed E-state index contributed by atoms with van der Waals surface area (Å²) in [4.78, 5) is 23.0. The molecule has 1 aromatic heterocycles. The van der Waals surface area contributed by atoms with Crippen molar-refractivity contribution in [2.75, 3.05) is 17.7 Å². The summed E-state index contributed by atoms with van der Waals surface area (Å²) in [5.41, 5.74) is 1.72. The van der Waals surface area contributed by atoms with E-state index < -0.39 is 4.92 Å². The standard InChI is InChI=1S/C21H23N5O4S/c1-4-25-20(16-8-6-7-9-18(16)30-5-2)23-24-21(25)31-13-19(27)22-15-11-10-14(3)17(12-15)26(28)29/h6-12H,4-5,13H2,1-3H3,(H,22,27). The molecule has 0 unspecified atom stereocenters. The number of nitro groups is 1. The number of aromatic nitrogens is 3. The minimum Gasteiger partial charge on any atom is -0.493 e. The lowest BCUT2D eigenvalue weighted by molar-refractivity contribution is -0.385. The molecule has 31 heavy (non-hydrogen) atoms. The van der Waals surface area contributed by atoms with E-state index in [0.717, 1.165) is 11.3 Å². The monoisotopic (exact) mass is 441 g/mol. The molecule has 10 heteroatoms. The van der Waals surface area contributed by atoms with E-state index in [1.807, 2.05) is 42.7 Å². The number of amides is 1. The normalized spacial score (nSPS) is 10.7. The number of hydrogen-bond donors (Lipinski definition) is 1. The molecule has 0 saturated carbocycles. The van der Waals surface area contributed by atoms with Gasteiger partial charge in [-0.15, -0.1) is 10.2 Å². The molecule has 0 atom stereocenters. The number of aryl methyl sites for hydroxylation is 1. The fourth-order valence-corrected chi connectivity index (χ4v) is 3.83. The number of rotatable bonds is 9. The van der Waals surface area contributed by atoms with Crippen LogP contribution in [0.2, 0.25) is 0 Å². The van der Waals surface area contributed by atoms with Crippen LogP contribution in [0.1, 0.15) is 19.4 Å². The molecule has 2 aromatic carbocycles. The van der Waals surface area contributed by atoms with Gasteiger partial charge in [0.25, 0.3) is 5.69 Å². The highest BCUT2D eigenvalue weighted by molar-refractivity contribution is 7.99. The fraction of sp³-hybridized carbons (Fsp3) is 0.286. The molecule has 0 radical (unpaired) electrons. The van der Waals surface area contributed by atoms with E-state index >= 15 is 0 Å². The molecule has 0 spiro atoms. The number of thioether (sulfide) groups is 1. The predicted molar refractivity (Wildman–Crippen MR) is 119 cm³/mol. The highest BCUT2D eigenvalue weighted by atomic mass is 32.2. The fourth-order valence-electron chi connectivity index (χ4n) is 3.02. The molecule has 0 fully saturated rings. The SMILES string of the molecule is CCOc1ccccc1-c1nnc(SCC(=O)Nc2ccc(C)c([N+](=O)[O-])c2)n1CC. The van der Waals surface area contributed by atoms with Crippen molar-refractivity contribution in [1.82, 2.24) is 14.8 Å². The van der Waals surface area contributed by atoms with Crippen LogP contribution in [0.25, 0.3) is 11.4 Å². The van der Waals surface area contributed by atoms with Gasteiger partial charge < -0.3 is 14.6 Å². The number of para-hydroxylation sites is 1. The van der Waals surface area contributed by atoms with Crippen molar-refractivity contribution in [3.05, 3.63) is 58.1 Å². The van der Waals surface area contributed by atoms with Crippen molar-refractivity contribution in [2.45, 2.75) is 32.5 Å². The van der Waals surface area contributed by atoms with Crippen LogP contribution in [-0.4, -0.2) is 38.0 Å². The van der Waals surface area contributed by atoms with Crippen LogP contribution in [0.3, 0.4) is 0 Å². The highest BCUT2D eigenvalue weighted by Crippen LogP contribution is 2.31. The van der Waals surface area contributed by atoms with Gasteiger partial charge in [0.05, 0.1) is 22.8 Å². The molecule has 162 valence electrons. The molecule has 3 aromatic rings. The molecule has 1 amide bonds. The number of anilines is 1. The number of nitro benzene ring substituents is 1. The molecule has 0 saturated heterocycles.